The Hall–Kier alpha value is -3.22. The summed E-state index contributed by atoms with van der Waals surface area (Å²) in [7, 11) is 0. The summed E-state index contributed by atoms with van der Waals surface area (Å²) in [6.45, 7) is 0. The van der Waals surface area contributed by atoms with Crippen molar-refractivity contribution in [2.45, 2.75) is 0 Å². The molecule has 104 valence electrons. The Kier molecular flexibility index (Phi) is 2.87. The SMILES string of the molecule is O=[N+]([O-])c1ccc(-c2c[nH]c3ccccc23)c([N+](=O)[O-])c1. The molecule has 7 nitrogen and oxygen atoms in total. The maximum Gasteiger partial charge on any atom is 0.284 e. The highest BCUT2D eigenvalue weighted by Crippen LogP contribution is 2.36. The van der Waals surface area contributed by atoms with Gasteiger partial charge in [0, 0.05) is 28.7 Å². The monoisotopic (exact) mass is 283 g/mol. The average Bonchev–Trinajstić information content (AvgIpc) is 2.90. The first-order chi connectivity index (χ1) is 10.1. The van der Waals surface area contributed by atoms with E-state index in [1.54, 1.807) is 6.20 Å². The van der Waals surface area contributed by atoms with E-state index in [1.165, 1.54) is 12.1 Å². The number of para-hydroxylation sites is 1. The standard InChI is InChI=1S/C14H9N3O4/c18-16(19)9-5-6-11(14(7-9)17(20)21)12-8-15-13-4-2-1-3-10(12)13/h1-8,15H. The zero-order valence-corrected chi connectivity index (χ0v) is 10.6. The van der Waals surface area contributed by atoms with Crippen molar-refractivity contribution in [1.82, 2.24) is 4.98 Å². The summed E-state index contributed by atoms with van der Waals surface area (Å²) in [6, 6.07) is 11.0. The number of nitro groups is 2. The molecule has 1 N–H and O–H groups in total. The van der Waals surface area contributed by atoms with E-state index in [0.29, 0.717) is 11.1 Å². The van der Waals surface area contributed by atoms with E-state index >= 15 is 0 Å². The summed E-state index contributed by atoms with van der Waals surface area (Å²) in [5, 5.41) is 22.8. The van der Waals surface area contributed by atoms with Crippen molar-refractivity contribution in [3.8, 4) is 11.1 Å². The Morgan fingerprint density at radius 3 is 2.38 bits per heavy atom. The molecular weight excluding hydrogens is 274 g/mol. The van der Waals surface area contributed by atoms with Gasteiger partial charge in [-0.1, -0.05) is 18.2 Å². The third kappa shape index (κ3) is 2.10. The van der Waals surface area contributed by atoms with E-state index in [-0.39, 0.29) is 11.4 Å². The van der Waals surface area contributed by atoms with Gasteiger partial charge in [-0.2, -0.15) is 0 Å². The number of aromatic amines is 1. The molecule has 0 radical (unpaired) electrons. The molecule has 1 heterocycles. The highest BCUT2D eigenvalue weighted by molar-refractivity contribution is 5.97. The minimum Gasteiger partial charge on any atom is -0.361 e. The number of nitrogens with one attached hydrogen (secondary N) is 1. The minimum absolute atomic E-state index is 0.283. The van der Waals surface area contributed by atoms with Gasteiger partial charge in [0.1, 0.15) is 0 Å². The van der Waals surface area contributed by atoms with E-state index in [2.05, 4.69) is 4.98 Å². The lowest BCUT2D eigenvalue weighted by Crippen LogP contribution is -1.95. The summed E-state index contributed by atoms with van der Waals surface area (Å²) in [5.74, 6) is 0. The molecule has 2 aromatic carbocycles. The maximum atomic E-state index is 11.2. The predicted octanol–water partition coefficient (Wildman–Crippen LogP) is 3.65. The molecule has 0 amide bonds. The molecule has 21 heavy (non-hydrogen) atoms. The molecule has 3 rings (SSSR count). The Morgan fingerprint density at radius 1 is 0.905 bits per heavy atom. The van der Waals surface area contributed by atoms with Crippen LogP contribution in [0, 0.1) is 20.2 Å². The van der Waals surface area contributed by atoms with Crippen LogP contribution in [0.1, 0.15) is 0 Å². The summed E-state index contributed by atoms with van der Waals surface area (Å²) in [4.78, 5) is 23.7. The van der Waals surface area contributed by atoms with Gasteiger partial charge in [0.25, 0.3) is 11.4 Å². The first kappa shape index (κ1) is 12.8. The number of aromatic nitrogens is 1. The van der Waals surface area contributed by atoms with Crippen LogP contribution in [-0.4, -0.2) is 14.8 Å². The second-order valence-electron chi connectivity index (χ2n) is 4.46. The Balaban J connectivity index is 2.27. The van der Waals surface area contributed by atoms with E-state index in [9.17, 15) is 20.2 Å². The molecule has 0 unspecified atom stereocenters. The van der Waals surface area contributed by atoms with E-state index in [1.807, 2.05) is 24.3 Å². The number of H-pyrrole nitrogens is 1. The van der Waals surface area contributed by atoms with Crippen molar-refractivity contribution in [2.75, 3.05) is 0 Å². The number of benzene rings is 2. The van der Waals surface area contributed by atoms with Gasteiger partial charge in [0.05, 0.1) is 21.5 Å². The number of nitrogens with zero attached hydrogens (tertiary/aromatic N) is 2. The fourth-order valence-electron chi connectivity index (χ4n) is 2.31. The normalized spacial score (nSPS) is 10.7. The van der Waals surface area contributed by atoms with Crippen molar-refractivity contribution in [1.29, 1.82) is 0 Å². The molecule has 0 aliphatic carbocycles. The lowest BCUT2D eigenvalue weighted by molar-refractivity contribution is -0.393. The molecule has 0 saturated heterocycles. The van der Waals surface area contributed by atoms with Gasteiger partial charge < -0.3 is 4.98 Å². The molecule has 7 heteroatoms. The van der Waals surface area contributed by atoms with Crippen LogP contribution in [0.25, 0.3) is 22.0 Å². The van der Waals surface area contributed by atoms with Crippen molar-refractivity contribution < 1.29 is 9.85 Å². The highest BCUT2D eigenvalue weighted by Gasteiger charge is 2.22. The molecule has 3 aromatic rings. The van der Waals surface area contributed by atoms with E-state index in [4.69, 9.17) is 0 Å². The molecule has 0 bridgehead atoms. The van der Waals surface area contributed by atoms with Crippen LogP contribution >= 0.6 is 0 Å². The summed E-state index contributed by atoms with van der Waals surface area (Å²) < 4.78 is 0. The molecule has 0 spiro atoms. The zero-order chi connectivity index (χ0) is 15.0. The lowest BCUT2D eigenvalue weighted by atomic mass is 10.0. The van der Waals surface area contributed by atoms with Crippen LogP contribution in [0.5, 0.6) is 0 Å². The highest BCUT2D eigenvalue weighted by atomic mass is 16.6. The first-order valence-electron chi connectivity index (χ1n) is 6.07. The van der Waals surface area contributed by atoms with Crippen LogP contribution in [0.4, 0.5) is 11.4 Å². The van der Waals surface area contributed by atoms with E-state index in [0.717, 1.165) is 17.0 Å². The van der Waals surface area contributed by atoms with Crippen LogP contribution in [-0.2, 0) is 0 Å². The van der Waals surface area contributed by atoms with Crippen LogP contribution in [0.2, 0.25) is 0 Å². The van der Waals surface area contributed by atoms with Crippen LogP contribution in [0.3, 0.4) is 0 Å². The Morgan fingerprint density at radius 2 is 1.67 bits per heavy atom. The van der Waals surface area contributed by atoms with Crippen molar-refractivity contribution in [3.05, 3.63) is 68.9 Å². The predicted molar refractivity (Wildman–Crippen MR) is 77.0 cm³/mol. The molecule has 1 aromatic heterocycles. The van der Waals surface area contributed by atoms with Gasteiger partial charge in [-0.05, 0) is 12.1 Å². The fourth-order valence-corrected chi connectivity index (χ4v) is 2.31. The number of rotatable bonds is 3. The summed E-state index contributed by atoms with van der Waals surface area (Å²) in [6.07, 6.45) is 1.67. The molecular formula is C14H9N3O4. The minimum atomic E-state index is -0.647. The molecule has 0 aliphatic rings. The third-order valence-electron chi connectivity index (χ3n) is 3.27. The van der Waals surface area contributed by atoms with Gasteiger partial charge >= 0.3 is 0 Å². The second kappa shape index (κ2) is 4.71. The van der Waals surface area contributed by atoms with Crippen molar-refractivity contribution in [3.63, 3.8) is 0 Å². The zero-order valence-electron chi connectivity index (χ0n) is 10.6. The number of hydrogen-bond acceptors (Lipinski definition) is 4. The van der Waals surface area contributed by atoms with Crippen molar-refractivity contribution in [2.24, 2.45) is 0 Å². The fraction of sp³-hybridized carbons (Fsp3) is 0. The van der Waals surface area contributed by atoms with Crippen molar-refractivity contribution >= 4 is 22.3 Å². The maximum absolute atomic E-state index is 11.2. The molecule has 0 atom stereocenters. The first-order valence-corrected chi connectivity index (χ1v) is 6.07. The quantitative estimate of drug-likeness (QED) is 0.585. The van der Waals surface area contributed by atoms with Crippen LogP contribution < -0.4 is 0 Å². The van der Waals surface area contributed by atoms with Gasteiger partial charge in [-0.15, -0.1) is 0 Å². The lowest BCUT2D eigenvalue weighted by Gasteiger charge is -2.02. The summed E-state index contributed by atoms with van der Waals surface area (Å²) in [5.41, 5.74) is 1.26. The average molecular weight is 283 g/mol. The number of fused-ring (bicyclic) bond motifs is 1. The van der Waals surface area contributed by atoms with Gasteiger partial charge in [-0.3, -0.25) is 20.2 Å². The largest absolute Gasteiger partial charge is 0.361 e. The number of nitro benzene ring substituents is 2. The summed E-state index contributed by atoms with van der Waals surface area (Å²) >= 11 is 0. The topological polar surface area (TPSA) is 102 Å². The number of hydrogen-bond donors (Lipinski definition) is 1. The Bertz CT molecular complexity index is 870. The second-order valence-corrected chi connectivity index (χ2v) is 4.46. The van der Waals surface area contributed by atoms with Crippen LogP contribution in [0.15, 0.2) is 48.7 Å². The van der Waals surface area contributed by atoms with Gasteiger partial charge in [0.15, 0.2) is 0 Å². The molecule has 0 fully saturated rings. The molecule has 0 aliphatic heterocycles. The molecule has 0 saturated carbocycles. The van der Waals surface area contributed by atoms with Gasteiger partial charge in [-0.25, -0.2) is 0 Å². The van der Waals surface area contributed by atoms with Gasteiger partial charge in [0.2, 0.25) is 0 Å². The smallest absolute Gasteiger partial charge is 0.284 e. The third-order valence-corrected chi connectivity index (χ3v) is 3.27. The number of non-ortho nitro benzene ring substituents is 1. The van der Waals surface area contributed by atoms with E-state index < -0.39 is 9.85 Å². The Labute approximate surface area is 118 Å².